The van der Waals surface area contributed by atoms with Crippen LogP contribution in [0.3, 0.4) is 0 Å². The topological polar surface area (TPSA) is 49.3 Å². The third-order valence-corrected chi connectivity index (χ3v) is 6.98. The number of aromatic nitrogens is 2. The van der Waals surface area contributed by atoms with E-state index < -0.39 is 0 Å². The van der Waals surface area contributed by atoms with Crippen LogP contribution < -0.4 is 9.80 Å². The summed E-state index contributed by atoms with van der Waals surface area (Å²) in [5, 5.41) is 10.5. The molecule has 5 nitrogen and oxygen atoms in total. The predicted octanol–water partition coefficient (Wildman–Crippen LogP) is 4.07. The summed E-state index contributed by atoms with van der Waals surface area (Å²) in [5.74, 6) is 0.0967. The highest BCUT2D eigenvalue weighted by molar-refractivity contribution is 7.15. The van der Waals surface area contributed by atoms with E-state index in [1.807, 2.05) is 17.0 Å². The molecular formula is C23H23FN4OS. The summed E-state index contributed by atoms with van der Waals surface area (Å²) in [5.41, 5.74) is 3.37. The lowest BCUT2D eigenvalue weighted by molar-refractivity contribution is -0.122. The molecule has 0 aliphatic carbocycles. The number of fused-ring (bicyclic) bond motifs is 1. The first-order valence-electron chi connectivity index (χ1n) is 10.4. The summed E-state index contributed by atoms with van der Waals surface area (Å²) in [4.78, 5) is 17.3. The minimum absolute atomic E-state index is 0.0685. The van der Waals surface area contributed by atoms with Gasteiger partial charge in [-0.15, -0.1) is 10.2 Å². The Hall–Kier alpha value is -2.80. The number of para-hydroxylation sites is 1. The highest BCUT2D eigenvalue weighted by atomic mass is 32.1. The second kappa shape index (κ2) is 8.14. The number of piperidine rings is 1. The molecule has 3 aromatic rings. The molecule has 0 spiro atoms. The van der Waals surface area contributed by atoms with Gasteiger partial charge >= 0.3 is 0 Å². The maximum atomic E-state index is 13.1. The fourth-order valence-electron chi connectivity index (χ4n) is 4.33. The van der Waals surface area contributed by atoms with Crippen molar-refractivity contribution in [1.82, 2.24) is 10.2 Å². The summed E-state index contributed by atoms with van der Waals surface area (Å²) < 4.78 is 13.1. The second-order valence-electron chi connectivity index (χ2n) is 7.91. The molecule has 7 heteroatoms. The van der Waals surface area contributed by atoms with Gasteiger partial charge in [-0.3, -0.25) is 4.79 Å². The van der Waals surface area contributed by atoms with Crippen LogP contribution in [-0.4, -0.2) is 35.7 Å². The summed E-state index contributed by atoms with van der Waals surface area (Å²) in [7, 11) is 0. The predicted molar refractivity (Wildman–Crippen MR) is 117 cm³/mol. The van der Waals surface area contributed by atoms with Gasteiger partial charge in [-0.05, 0) is 48.6 Å². The molecule has 1 amide bonds. The van der Waals surface area contributed by atoms with Crippen molar-refractivity contribution >= 4 is 28.1 Å². The molecular weight excluding hydrogens is 399 g/mol. The standard InChI is InChI=1S/C23H23FN4OS/c24-19-7-5-16(6-8-19)15-21-25-26-23(30-21)27-12-9-18(10-13-27)22(29)28-14-11-17-3-1-2-4-20(17)28/h1-8,18H,9-15H2. The SMILES string of the molecule is O=C(C1CCN(c2nnc(Cc3ccc(F)cc3)s2)CC1)N1CCc2ccccc21. The van der Waals surface area contributed by atoms with Gasteiger partial charge in [0.15, 0.2) is 0 Å². The molecule has 0 saturated carbocycles. The van der Waals surface area contributed by atoms with Gasteiger partial charge in [0.05, 0.1) is 0 Å². The number of hydrogen-bond acceptors (Lipinski definition) is 5. The van der Waals surface area contributed by atoms with E-state index in [1.54, 1.807) is 23.5 Å². The molecule has 2 aliphatic heterocycles. The quantitative estimate of drug-likeness (QED) is 0.636. The van der Waals surface area contributed by atoms with Crippen molar-refractivity contribution in [3.8, 4) is 0 Å². The van der Waals surface area contributed by atoms with E-state index in [2.05, 4.69) is 27.2 Å². The Kier molecular flexibility index (Phi) is 5.21. The van der Waals surface area contributed by atoms with Crippen LogP contribution in [0, 0.1) is 11.7 Å². The van der Waals surface area contributed by atoms with Gasteiger partial charge in [-0.1, -0.05) is 41.7 Å². The molecule has 0 atom stereocenters. The molecule has 2 aliphatic rings. The van der Waals surface area contributed by atoms with Crippen LogP contribution in [0.25, 0.3) is 0 Å². The maximum Gasteiger partial charge on any atom is 0.230 e. The third-order valence-electron chi connectivity index (χ3n) is 5.99. The van der Waals surface area contributed by atoms with E-state index in [9.17, 15) is 9.18 Å². The maximum absolute atomic E-state index is 13.1. The van der Waals surface area contributed by atoms with Crippen molar-refractivity contribution in [1.29, 1.82) is 0 Å². The van der Waals surface area contributed by atoms with E-state index in [0.717, 1.165) is 60.3 Å². The van der Waals surface area contributed by atoms with E-state index in [4.69, 9.17) is 0 Å². The molecule has 1 saturated heterocycles. The number of hydrogen-bond donors (Lipinski definition) is 0. The summed E-state index contributed by atoms with van der Waals surface area (Å²) in [6.45, 7) is 2.43. The van der Waals surface area contributed by atoms with Crippen LogP contribution in [0.5, 0.6) is 0 Å². The van der Waals surface area contributed by atoms with Crippen molar-refractivity contribution in [2.24, 2.45) is 5.92 Å². The van der Waals surface area contributed by atoms with Gasteiger partial charge in [-0.25, -0.2) is 4.39 Å². The number of carbonyl (C=O) groups is 1. The van der Waals surface area contributed by atoms with Crippen molar-refractivity contribution in [3.05, 3.63) is 70.5 Å². The molecule has 0 radical (unpaired) electrons. The Balaban J connectivity index is 1.19. The summed E-state index contributed by atoms with van der Waals surface area (Å²) >= 11 is 1.58. The van der Waals surface area contributed by atoms with Gasteiger partial charge in [0.25, 0.3) is 0 Å². The van der Waals surface area contributed by atoms with E-state index in [-0.39, 0.29) is 17.6 Å². The first kappa shape index (κ1) is 19.2. The van der Waals surface area contributed by atoms with Crippen LogP contribution in [0.1, 0.15) is 29.0 Å². The lowest BCUT2D eigenvalue weighted by Crippen LogP contribution is -2.42. The number of halogens is 1. The zero-order valence-corrected chi connectivity index (χ0v) is 17.4. The first-order chi connectivity index (χ1) is 14.7. The van der Waals surface area contributed by atoms with Crippen LogP contribution in [-0.2, 0) is 17.6 Å². The zero-order valence-electron chi connectivity index (χ0n) is 16.6. The van der Waals surface area contributed by atoms with Crippen molar-refractivity contribution in [3.63, 3.8) is 0 Å². The first-order valence-corrected chi connectivity index (χ1v) is 11.2. The lowest BCUT2D eigenvalue weighted by Gasteiger charge is -2.32. The van der Waals surface area contributed by atoms with Crippen molar-refractivity contribution in [2.45, 2.75) is 25.7 Å². The highest BCUT2D eigenvalue weighted by Gasteiger charge is 2.33. The molecule has 154 valence electrons. The number of benzene rings is 2. The number of anilines is 2. The van der Waals surface area contributed by atoms with E-state index in [0.29, 0.717) is 6.42 Å². The Labute approximate surface area is 179 Å². The smallest absolute Gasteiger partial charge is 0.230 e. The minimum Gasteiger partial charge on any atom is -0.347 e. The zero-order chi connectivity index (χ0) is 20.5. The molecule has 2 aromatic carbocycles. The van der Waals surface area contributed by atoms with Crippen LogP contribution in [0.15, 0.2) is 48.5 Å². The Morgan fingerprint density at radius 3 is 2.60 bits per heavy atom. The Bertz CT molecular complexity index is 1040. The number of rotatable bonds is 4. The lowest BCUT2D eigenvalue weighted by atomic mass is 9.95. The molecule has 1 aromatic heterocycles. The average Bonchev–Trinajstić information content (AvgIpc) is 3.42. The molecule has 3 heterocycles. The number of amides is 1. The minimum atomic E-state index is -0.230. The molecule has 30 heavy (non-hydrogen) atoms. The fraction of sp³-hybridized carbons (Fsp3) is 0.348. The number of nitrogens with zero attached hydrogens (tertiary/aromatic N) is 4. The van der Waals surface area contributed by atoms with Crippen LogP contribution >= 0.6 is 11.3 Å². The monoisotopic (exact) mass is 422 g/mol. The van der Waals surface area contributed by atoms with E-state index >= 15 is 0 Å². The van der Waals surface area contributed by atoms with Crippen LogP contribution in [0.2, 0.25) is 0 Å². The summed E-state index contributed by atoms with van der Waals surface area (Å²) in [6.07, 6.45) is 3.28. The molecule has 0 N–H and O–H groups in total. The van der Waals surface area contributed by atoms with Crippen molar-refractivity contribution < 1.29 is 9.18 Å². The Morgan fingerprint density at radius 2 is 1.80 bits per heavy atom. The number of carbonyl (C=O) groups excluding carboxylic acids is 1. The fourth-order valence-corrected chi connectivity index (χ4v) is 5.25. The van der Waals surface area contributed by atoms with Crippen molar-refractivity contribution in [2.75, 3.05) is 29.4 Å². The second-order valence-corrected chi connectivity index (χ2v) is 8.95. The highest BCUT2D eigenvalue weighted by Crippen LogP contribution is 2.32. The van der Waals surface area contributed by atoms with Gasteiger partial charge in [0, 0.05) is 37.7 Å². The normalized spacial score (nSPS) is 16.7. The molecule has 1 fully saturated rings. The molecule has 0 bridgehead atoms. The van der Waals surface area contributed by atoms with Crippen LogP contribution in [0.4, 0.5) is 15.2 Å². The molecule has 0 unspecified atom stereocenters. The van der Waals surface area contributed by atoms with Gasteiger partial charge in [-0.2, -0.15) is 0 Å². The average molecular weight is 423 g/mol. The van der Waals surface area contributed by atoms with Gasteiger partial charge in [0.2, 0.25) is 11.0 Å². The third kappa shape index (κ3) is 3.81. The summed E-state index contributed by atoms with van der Waals surface area (Å²) in [6, 6.07) is 14.7. The van der Waals surface area contributed by atoms with Gasteiger partial charge in [0.1, 0.15) is 10.8 Å². The largest absolute Gasteiger partial charge is 0.347 e. The van der Waals surface area contributed by atoms with Gasteiger partial charge < -0.3 is 9.80 Å². The van der Waals surface area contributed by atoms with E-state index in [1.165, 1.54) is 17.7 Å². The Morgan fingerprint density at radius 1 is 1.03 bits per heavy atom. The molecule has 5 rings (SSSR count).